The van der Waals surface area contributed by atoms with Crippen molar-refractivity contribution >= 4 is 56.5 Å². The van der Waals surface area contributed by atoms with Crippen molar-refractivity contribution in [2.24, 2.45) is 0 Å². The van der Waals surface area contributed by atoms with Crippen LogP contribution in [0.2, 0.25) is 0 Å². The van der Waals surface area contributed by atoms with Gasteiger partial charge in [-0.15, -0.1) is 0 Å². The molecule has 0 bridgehead atoms. The minimum Gasteiger partial charge on any atom is -0.495 e. The Morgan fingerprint density at radius 2 is 0.909 bits per heavy atom. The number of hydrazine groups is 1. The predicted octanol–water partition coefficient (Wildman–Crippen LogP) is 5.02. The molecule has 0 amide bonds. The molecule has 2 N–H and O–H groups in total. The van der Waals surface area contributed by atoms with Crippen molar-refractivity contribution in [2.75, 3.05) is 101 Å². The zero-order valence-corrected chi connectivity index (χ0v) is 36.8. The van der Waals surface area contributed by atoms with Gasteiger partial charge in [0.25, 0.3) is 0 Å². The highest BCUT2D eigenvalue weighted by molar-refractivity contribution is 5.97. The molecule has 334 valence electrons. The summed E-state index contributed by atoms with van der Waals surface area (Å²) < 4.78 is 23.0. The molecule has 20 nitrogen and oxygen atoms in total. The smallest absolute Gasteiger partial charge is 0.162 e. The Bertz CT molecular complexity index is 2820. The summed E-state index contributed by atoms with van der Waals surface area (Å²) in [7, 11) is 6.45. The van der Waals surface area contributed by atoms with Crippen LogP contribution >= 0.6 is 0 Å². The number of hydrogen-bond donors (Lipinski definition) is 2. The molecule has 2 aliphatic rings. The fourth-order valence-corrected chi connectivity index (χ4v) is 8.17. The molecule has 0 radical (unpaired) electrons. The van der Waals surface area contributed by atoms with Crippen LogP contribution in [0.5, 0.6) is 23.0 Å². The van der Waals surface area contributed by atoms with Crippen molar-refractivity contribution in [3.63, 3.8) is 0 Å². The van der Waals surface area contributed by atoms with E-state index in [1.165, 1.54) is 0 Å². The SMILES string of the molecule is COc1cncc(N(c2cc(-c3nc(N4CCNCC4)c4c(OC)cncc4n3)ccn2)N(c2cncc(OC)c2)c2cc(-c3nc(N4CCNCC4)c4c(OC)cncc4n3)ccn2)c1. The molecule has 20 heteroatoms. The Kier molecular flexibility index (Phi) is 11.8. The fourth-order valence-electron chi connectivity index (χ4n) is 8.17. The van der Waals surface area contributed by atoms with Gasteiger partial charge in [-0.3, -0.25) is 19.9 Å². The second kappa shape index (κ2) is 18.6. The topological polar surface area (TPSA) is 203 Å². The molecule has 8 aromatic heterocycles. The Hall–Kier alpha value is -8.10. The normalized spacial score (nSPS) is 14.0. The lowest BCUT2D eigenvalue weighted by atomic mass is 10.2. The molecule has 66 heavy (non-hydrogen) atoms. The lowest BCUT2D eigenvalue weighted by Gasteiger charge is -2.36. The third-order valence-electron chi connectivity index (χ3n) is 11.4. The molecule has 10 heterocycles. The number of nitrogens with one attached hydrogen (secondary N) is 2. The van der Waals surface area contributed by atoms with Crippen LogP contribution in [-0.2, 0) is 0 Å². The number of anilines is 6. The summed E-state index contributed by atoms with van der Waals surface area (Å²) in [5.41, 5.74) is 3.86. The van der Waals surface area contributed by atoms with Crippen LogP contribution in [-0.4, -0.2) is 131 Å². The third-order valence-corrected chi connectivity index (χ3v) is 11.4. The minimum atomic E-state index is 0.467. The summed E-state index contributed by atoms with van der Waals surface area (Å²) in [6, 6.07) is 11.3. The van der Waals surface area contributed by atoms with E-state index in [0.29, 0.717) is 79.8 Å². The van der Waals surface area contributed by atoms with Gasteiger partial charge in [-0.25, -0.2) is 39.9 Å². The number of piperazine rings is 2. The van der Waals surface area contributed by atoms with E-state index in [1.807, 2.05) is 46.4 Å². The van der Waals surface area contributed by atoms with E-state index in [4.69, 9.17) is 48.9 Å². The van der Waals surface area contributed by atoms with Gasteiger partial charge in [-0.2, -0.15) is 0 Å². The van der Waals surface area contributed by atoms with Crippen LogP contribution in [0.15, 0.2) is 98.4 Å². The Labute approximate surface area is 379 Å². The molecule has 0 aliphatic carbocycles. The van der Waals surface area contributed by atoms with Crippen molar-refractivity contribution in [1.82, 2.24) is 60.5 Å². The number of ether oxygens (including phenoxy) is 4. The van der Waals surface area contributed by atoms with Crippen LogP contribution in [0.4, 0.5) is 34.6 Å². The van der Waals surface area contributed by atoms with E-state index in [1.54, 1.807) is 90.4 Å². The first-order chi connectivity index (χ1) is 32.5. The largest absolute Gasteiger partial charge is 0.495 e. The summed E-state index contributed by atoms with van der Waals surface area (Å²) in [5, 5.41) is 12.2. The summed E-state index contributed by atoms with van der Waals surface area (Å²) in [4.78, 5) is 53.1. The maximum Gasteiger partial charge on any atom is 0.162 e. The summed E-state index contributed by atoms with van der Waals surface area (Å²) in [5.74, 6) is 5.66. The molecule has 8 aromatic rings. The zero-order valence-electron chi connectivity index (χ0n) is 36.8. The Morgan fingerprint density at radius 1 is 0.485 bits per heavy atom. The van der Waals surface area contributed by atoms with Gasteiger partial charge in [0.05, 0.1) is 111 Å². The predicted molar refractivity (Wildman–Crippen MR) is 250 cm³/mol. The molecule has 10 rings (SSSR count). The zero-order chi connectivity index (χ0) is 45.0. The molecule has 0 aromatic carbocycles. The highest BCUT2D eigenvalue weighted by Crippen LogP contribution is 2.41. The fraction of sp³-hybridized carbons (Fsp3) is 0.261. The van der Waals surface area contributed by atoms with Gasteiger partial charge < -0.3 is 39.4 Å². The average molecular weight is 887 g/mol. The Morgan fingerprint density at radius 3 is 1.32 bits per heavy atom. The second-order valence-corrected chi connectivity index (χ2v) is 15.3. The van der Waals surface area contributed by atoms with Crippen molar-refractivity contribution < 1.29 is 18.9 Å². The lowest BCUT2D eigenvalue weighted by Crippen LogP contribution is -2.44. The molecular formula is C46H46N16O4. The lowest BCUT2D eigenvalue weighted by molar-refractivity contribution is 0.412. The monoisotopic (exact) mass is 886 g/mol. The highest BCUT2D eigenvalue weighted by Gasteiger charge is 2.28. The van der Waals surface area contributed by atoms with Crippen LogP contribution in [0.1, 0.15) is 0 Å². The third kappa shape index (κ3) is 8.14. The van der Waals surface area contributed by atoms with Gasteiger partial charge in [0.1, 0.15) is 34.6 Å². The van der Waals surface area contributed by atoms with Crippen LogP contribution in [0, 0.1) is 0 Å². The second-order valence-electron chi connectivity index (χ2n) is 15.3. The number of nitrogens with zero attached hydrogens (tertiary/aromatic N) is 14. The molecule has 0 unspecified atom stereocenters. The Balaban J connectivity index is 1.16. The average Bonchev–Trinajstić information content (AvgIpc) is 3.39. The van der Waals surface area contributed by atoms with Crippen LogP contribution < -0.4 is 49.4 Å². The van der Waals surface area contributed by atoms with Crippen LogP contribution in [0.25, 0.3) is 44.6 Å². The van der Waals surface area contributed by atoms with E-state index in [2.05, 4.69) is 40.4 Å². The number of rotatable bonds is 13. The number of fused-ring (bicyclic) bond motifs is 2. The standard InChI is InChI=1S/C46H46N16O4/c1-63-33-19-31(21-49-23-33)61(39-17-29(5-7-53-39)43-55-35-25-51-27-37(65-3)41(35)45(57-43)59-13-9-47-10-14-59)62(32-20-34(64-2)24-50-22-32)40-18-30(6-8-54-40)44-56-36-26-52-28-38(66-4)42(36)46(58-44)60-15-11-48-12-16-60/h5-8,17-28,47-48H,9-16H2,1-4H3. The summed E-state index contributed by atoms with van der Waals surface area (Å²) in [6.45, 7) is 6.31. The molecule has 0 spiro atoms. The molecule has 2 aliphatic heterocycles. The molecule has 2 fully saturated rings. The van der Waals surface area contributed by atoms with Gasteiger partial charge >= 0.3 is 0 Å². The first kappa shape index (κ1) is 41.9. The van der Waals surface area contributed by atoms with E-state index in [-0.39, 0.29) is 0 Å². The number of pyridine rings is 6. The maximum absolute atomic E-state index is 5.79. The molecule has 0 saturated carbocycles. The number of hydrogen-bond acceptors (Lipinski definition) is 20. The van der Waals surface area contributed by atoms with E-state index < -0.39 is 0 Å². The van der Waals surface area contributed by atoms with Crippen molar-refractivity contribution in [3.05, 3.63) is 98.4 Å². The minimum absolute atomic E-state index is 0.467. The van der Waals surface area contributed by atoms with Gasteiger partial charge in [0.2, 0.25) is 0 Å². The molecule has 2 saturated heterocycles. The molecule has 0 atom stereocenters. The summed E-state index contributed by atoms with van der Waals surface area (Å²) >= 11 is 0. The van der Waals surface area contributed by atoms with E-state index in [9.17, 15) is 0 Å². The van der Waals surface area contributed by atoms with Crippen LogP contribution in [0.3, 0.4) is 0 Å². The van der Waals surface area contributed by atoms with Gasteiger partial charge in [-0.05, 0) is 24.3 Å². The van der Waals surface area contributed by atoms with E-state index in [0.717, 1.165) is 74.8 Å². The number of methoxy groups -OCH3 is 4. The maximum atomic E-state index is 5.79. The number of aromatic nitrogens is 10. The van der Waals surface area contributed by atoms with Gasteiger partial charge in [0.15, 0.2) is 23.3 Å². The van der Waals surface area contributed by atoms with Gasteiger partial charge in [-0.1, -0.05) is 0 Å². The van der Waals surface area contributed by atoms with Crippen molar-refractivity contribution in [3.8, 4) is 45.8 Å². The van der Waals surface area contributed by atoms with Crippen molar-refractivity contribution in [2.45, 2.75) is 0 Å². The first-order valence-corrected chi connectivity index (χ1v) is 21.4. The van der Waals surface area contributed by atoms with Gasteiger partial charge in [0, 0.05) is 88.0 Å². The molecular weight excluding hydrogens is 841 g/mol. The van der Waals surface area contributed by atoms with Crippen molar-refractivity contribution in [1.29, 1.82) is 0 Å². The summed E-state index contributed by atoms with van der Waals surface area (Å²) in [6.07, 6.45) is 17.0. The first-order valence-electron chi connectivity index (χ1n) is 21.4. The van der Waals surface area contributed by atoms with E-state index >= 15 is 0 Å². The highest BCUT2D eigenvalue weighted by atomic mass is 16.5. The quantitative estimate of drug-likeness (QED) is 0.146.